The molecule has 0 spiro atoms. The lowest BCUT2D eigenvalue weighted by Crippen LogP contribution is -2.42. The van der Waals surface area contributed by atoms with Crippen LogP contribution >= 0.6 is 11.8 Å². The number of thioether (sulfide) groups is 1. The lowest BCUT2D eigenvalue weighted by molar-refractivity contribution is -0.117. The van der Waals surface area contributed by atoms with E-state index >= 15 is 0 Å². The fourth-order valence-electron chi connectivity index (χ4n) is 2.76. The molecule has 3 N–H and O–H groups in total. The molecule has 2 heterocycles. The van der Waals surface area contributed by atoms with Crippen molar-refractivity contribution >= 4 is 29.3 Å². The van der Waals surface area contributed by atoms with E-state index in [1.165, 1.54) is 0 Å². The average molecular weight is 304 g/mol. The van der Waals surface area contributed by atoms with Gasteiger partial charge in [-0.15, -0.1) is 0 Å². The second kappa shape index (κ2) is 6.39. The van der Waals surface area contributed by atoms with Gasteiger partial charge < -0.3 is 16.0 Å². The molecule has 5 nitrogen and oxygen atoms in total. The minimum atomic E-state index is -0.102. The quantitative estimate of drug-likeness (QED) is 0.655. The van der Waals surface area contributed by atoms with E-state index in [1.54, 1.807) is 0 Å². The molecule has 1 fully saturated rings. The largest absolute Gasteiger partial charge is 0.370 e. The molecule has 1 saturated heterocycles. The molecule has 1 amide bonds. The second-order valence-corrected chi connectivity index (χ2v) is 6.48. The van der Waals surface area contributed by atoms with Gasteiger partial charge >= 0.3 is 0 Å². The zero-order valence-electron chi connectivity index (χ0n) is 11.9. The standard InChI is InChI=1S/C15H20N4OS/c16-15(19-7-9-21-10-8-19)17-6-5-12-11-3-1-2-4-13(11)18-14(12)20/h1-4,12H,5-10H2,(H2,16,17)(H,18,20). The van der Waals surface area contributed by atoms with Gasteiger partial charge in [0.15, 0.2) is 5.96 Å². The molecule has 1 aromatic carbocycles. The molecule has 2 aliphatic heterocycles. The Labute approximate surface area is 129 Å². The van der Waals surface area contributed by atoms with Crippen LogP contribution in [0.1, 0.15) is 17.9 Å². The monoisotopic (exact) mass is 304 g/mol. The van der Waals surface area contributed by atoms with Gasteiger partial charge in [0.1, 0.15) is 0 Å². The molecule has 1 unspecified atom stereocenters. The molecule has 3 rings (SSSR count). The Morgan fingerprint density at radius 1 is 1.38 bits per heavy atom. The number of para-hydroxylation sites is 1. The van der Waals surface area contributed by atoms with Gasteiger partial charge in [-0.2, -0.15) is 11.8 Å². The van der Waals surface area contributed by atoms with Crippen molar-refractivity contribution in [3.63, 3.8) is 0 Å². The van der Waals surface area contributed by atoms with Crippen molar-refractivity contribution in [3.05, 3.63) is 29.8 Å². The van der Waals surface area contributed by atoms with E-state index in [1.807, 2.05) is 36.0 Å². The third-order valence-electron chi connectivity index (χ3n) is 3.94. The SMILES string of the molecule is NC(=NCCC1C(=O)Nc2ccccc21)N1CCSCC1. The summed E-state index contributed by atoms with van der Waals surface area (Å²) in [6, 6.07) is 7.85. The average Bonchev–Trinajstić information content (AvgIpc) is 2.84. The highest BCUT2D eigenvalue weighted by atomic mass is 32.2. The van der Waals surface area contributed by atoms with Crippen LogP contribution in [0.3, 0.4) is 0 Å². The van der Waals surface area contributed by atoms with Crippen LogP contribution in [0.5, 0.6) is 0 Å². The zero-order chi connectivity index (χ0) is 14.7. The molecule has 2 aliphatic rings. The topological polar surface area (TPSA) is 70.7 Å². The fraction of sp³-hybridized carbons (Fsp3) is 0.467. The highest BCUT2D eigenvalue weighted by Crippen LogP contribution is 2.34. The number of aliphatic imine (C=N–C) groups is 1. The van der Waals surface area contributed by atoms with E-state index in [-0.39, 0.29) is 11.8 Å². The molecule has 0 bridgehead atoms. The highest BCUT2D eigenvalue weighted by molar-refractivity contribution is 7.99. The summed E-state index contributed by atoms with van der Waals surface area (Å²) in [5.74, 6) is 2.79. The first-order valence-electron chi connectivity index (χ1n) is 7.28. The van der Waals surface area contributed by atoms with Crippen molar-refractivity contribution in [2.45, 2.75) is 12.3 Å². The molecule has 0 saturated carbocycles. The molecule has 0 aromatic heterocycles. The number of hydrogen-bond donors (Lipinski definition) is 2. The number of guanidine groups is 1. The van der Waals surface area contributed by atoms with Gasteiger partial charge in [0.05, 0.1) is 5.92 Å². The van der Waals surface area contributed by atoms with Gasteiger partial charge in [0.25, 0.3) is 0 Å². The summed E-state index contributed by atoms with van der Waals surface area (Å²) in [5.41, 5.74) is 8.03. The number of rotatable bonds is 3. The number of benzene rings is 1. The number of nitrogens with two attached hydrogens (primary N) is 1. The summed E-state index contributed by atoms with van der Waals surface area (Å²) in [4.78, 5) is 18.6. The van der Waals surface area contributed by atoms with Crippen LogP contribution < -0.4 is 11.1 Å². The first-order chi connectivity index (χ1) is 10.3. The van der Waals surface area contributed by atoms with Crippen LogP contribution in [0, 0.1) is 0 Å². The predicted octanol–water partition coefficient (Wildman–Crippen LogP) is 1.48. The van der Waals surface area contributed by atoms with Crippen molar-refractivity contribution in [1.82, 2.24) is 4.90 Å². The smallest absolute Gasteiger partial charge is 0.232 e. The van der Waals surface area contributed by atoms with Gasteiger partial charge in [-0.1, -0.05) is 18.2 Å². The molecule has 0 aliphatic carbocycles. The fourth-order valence-corrected chi connectivity index (χ4v) is 3.67. The van der Waals surface area contributed by atoms with Crippen LogP contribution in [0.4, 0.5) is 5.69 Å². The number of hydrogen-bond acceptors (Lipinski definition) is 3. The first-order valence-corrected chi connectivity index (χ1v) is 8.43. The Morgan fingerprint density at radius 2 is 2.14 bits per heavy atom. The van der Waals surface area contributed by atoms with Crippen molar-refractivity contribution in [2.75, 3.05) is 36.5 Å². The number of fused-ring (bicyclic) bond motifs is 1. The normalized spacial score (nSPS) is 22.1. The summed E-state index contributed by atoms with van der Waals surface area (Å²) in [5, 5.41) is 2.92. The lowest BCUT2D eigenvalue weighted by Gasteiger charge is -2.27. The highest BCUT2D eigenvalue weighted by Gasteiger charge is 2.29. The maximum Gasteiger partial charge on any atom is 0.232 e. The van der Waals surface area contributed by atoms with E-state index in [0.717, 1.165) is 35.8 Å². The number of nitrogens with one attached hydrogen (secondary N) is 1. The van der Waals surface area contributed by atoms with E-state index in [9.17, 15) is 4.79 Å². The Kier molecular flexibility index (Phi) is 4.34. The van der Waals surface area contributed by atoms with Crippen LogP contribution in [0.2, 0.25) is 0 Å². The molecule has 1 aromatic rings. The van der Waals surface area contributed by atoms with Crippen molar-refractivity contribution in [2.24, 2.45) is 10.7 Å². The zero-order valence-corrected chi connectivity index (χ0v) is 12.7. The molecular formula is C15H20N4OS. The Morgan fingerprint density at radius 3 is 2.95 bits per heavy atom. The number of nitrogens with zero attached hydrogens (tertiary/aromatic N) is 2. The number of carbonyl (C=O) groups excluding carboxylic acids is 1. The van der Waals surface area contributed by atoms with Gasteiger partial charge in [-0.25, -0.2) is 0 Å². The second-order valence-electron chi connectivity index (χ2n) is 5.26. The van der Waals surface area contributed by atoms with Crippen LogP contribution in [0.25, 0.3) is 0 Å². The van der Waals surface area contributed by atoms with Gasteiger partial charge in [0, 0.05) is 36.8 Å². The van der Waals surface area contributed by atoms with Crippen molar-refractivity contribution in [3.8, 4) is 0 Å². The molecule has 0 radical (unpaired) electrons. The van der Waals surface area contributed by atoms with Gasteiger partial charge in [-0.05, 0) is 18.1 Å². The first kappa shape index (κ1) is 14.3. The van der Waals surface area contributed by atoms with Crippen LogP contribution in [-0.2, 0) is 4.79 Å². The van der Waals surface area contributed by atoms with Crippen molar-refractivity contribution in [1.29, 1.82) is 0 Å². The third kappa shape index (κ3) is 3.15. The minimum absolute atomic E-state index is 0.0688. The third-order valence-corrected chi connectivity index (χ3v) is 4.88. The minimum Gasteiger partial charge on any atom is -0.370 e. The van der Waals surface area contributed by atoms with Crippen LogP contribution in [-0.4, -0.2) is 47.9 Å². The van der Waals surface area contributed by atoms with Gasteiger partial charge in [-0.3, -0.25) is 9.79 Å². The Hall–Kier alpha value is -1.69. The molecule has 21 heavy (non-hydrogen) atoms. The van der Waals surface area contributed by atoms with E-state index in [0.29, 0.717) is 18.9 Å². The maximum atomic E-state index is 12.0. The van der Waals surface area contributed by atoms with E-state index in [4.69, 9.17) is 5.73 Å². The summed E-state index contributed by atoms with van der Waals surface area (Å²) in [7, 11) is 0. The summed E-state index contributed by atoms with van der Waals surface area (Å²) >= 11 is 1.95. The summed E-state index contributed by atoms with van der Waals surface area (Å²) < 4.78 is 0. The summed E-state index contributed by atoms with van der Waals surface area (Å²) in [6.45, 7) is 2.52. The maximum absolute atomic E-state index is 12.0. The van der Waals surface area contributed by atoms with Crippen LogP contribution in [0.15, 0.2) is 29.3 Å². The number of amides is 1. The number of anilines is 1. The van der Waals surface area contributed by atoms with E-state index in [2.05, 4.69) is 15.2 Å². The van der Waals surface area contributed by atoms with Crippen molar-refractivity contribution < 1.29 is 4.79 Å². The Bertz CT molecular complexity index is 554. The van der Waals surface area contributed by atoms with E-state index < -0.39 is 0 Å². The van der Waals surface area contributed by atoms with Gasteiger partial charge in [0.2, 0.25) is 5.91 Å². The lowest BCUT2D eigenvalue weighted by atomic mass is 9.97. The molecule has 112 valence electrons. The summed E-state index contributed by atoms with van der Waals surface area (Å²) in [6.07, 6.45) is 0.701. The number of carbonyl (C=O) groups is 1. The molecule has 1 atom stereocenters. The Balaban J connectivity index is 1.59. The predicted molar refractivity (Wildman–Crippen MR) is 87.8 cm³/mol. The molecular weight excluding hydrogens is 284 g/mol. The molecule has 6 heteroatoms.